The summed E-state index contributed by atoms with van der Waals surface area (Å²) in [5.74, 6) is 1.01. The molecule has 2 aliphatic rings. The molecule has 0 amide bonds. The van der Waals surface area contributed by atoms with Crippen LogP contribution in [0.4, 0.5) is 5.82 Å². The number of fused-ring (bicyclic) bond motifs is 3. The molecule has 4 heterocycles. The number of thiophene rings is 1. The molecule has 2 aliphatic heterocycles. The van der Waals surface area contributed by atoms with Gasteiger partial charge in [0.2, 0.25) is 0 Å². The van der Waals surface area contributed by atoms with Crippen LogP contribution in [0, 0.1) is 0 Å². The number of nitrogens with one attached hydrogen (secondary N) is 2. The Morgan fingerprint density at radius 2 is 2.35 bits per heavy atom. The SMILES string of the molecule is CSc1nc(NC[C@@H]2CCCO2)c2c3c(sc2n1)C[NH+](C)CC3. The number of hydrogen-bond acceptors (Lipinski definition) is 6. The van der Waals surface area contributed by atoms with E-state index in [1.807, 2.05) is 17.6 Å². The van der Waals surface area contributed by atoms with Gasteiger partial charge in [-0.05, 0) is 24.7 Å². The Kier molecular flexibility index (Phi) is 4.45. The van der Waals surface area contributed by atoms with Crippen molar-refractivity contribution >= 4 is 39.1 Å². The Morgan fingerprint density at radius 1 is 1.43 bits per heavy atom. The van der Waals surface area contributed by atoms with Gasteiger partial charge in [0.25, 0.3) is 0 Å². The molecule has 1 fully saturated rings. The minimum Gasteiger partial charge on any atom is -0.376 e. The highest BCUT2D eigenvalue weighted by molar-refractivity contribution is 7.98. The van der Waals surface area contributed by atoms with Crippen molar-refractivity contribution in [3.8, 4) is 0 Å². The maximum atomic E-state index is 5.74. The summed E-state index contributed by atoms with van der Waals surface area (Å²) in [5, 5.41) is 5.67. The fourth-order valence-electron chi connectivity index (χ4n) is 3.43. The lowest BCUT2D eigenvalue weighted by atomic mass is 10.1. The minimum absolute atomic E-state index is 0.322. The van der Waals surface area contributed by atoms with Crippen molar-refractivity contribution in [2.45, 2.75) is 37.1 Å². The molecule has 0 saturated carbocycles. The molecule has 0 spiro atoms. The highest BCUT2D eigenvalue weighted by Crippen LogP contribution is 2.36. The predicted molar refractivity (Wildman–Crippen MR) is 95.8 cm³/mol. The molecule has 2 aromatic rings. The molecule has 1 saturated heterocycles. The molecule has 0 aromatic carbocycles. The molecule has 2 atom stereocenters. The van der Waals surface area contributed by atoms with Crippen molar-refractivity contribution in [2.75, 3.05) is 38.3 Å². The van der Waals surface area contributed by atoms with E-state index in [2.05, 4.69) is 12.4 Å². The highest BCUT2D eigenvalue weighted by atomic mass is 32.2. The second-order valence-corrected chi connectivity index (χ2v) is 8.25. The summed E-state index contributed by atoms with van der Waals surface area (Å²) in [6, 6.07) is 0. The molecule has 2 N–H and O–H groups in total. The third-order valence-corrected chi connectivity index (χ3v) is 6.36. The fraction of sp³-hybridized carbons (Fsp3) is 0.625. The summed E-state index contributed by atoms with van der Waals surface area (Å²) in [5.41, 5.74) is 1.47. The molecule has 0 bridgehead atoms. The topological polar surface area (TPSA) is 51.5 Å². The van der Waals surface area contributed by atoms with Crippen LogP contribution in [0.2, 0.25) is 0 Å². The van der Waals surface area contributed by atoms with Crippen molar-refractivity contribution < 1.29 is 9.64 Å². The Balaban J connectivity index is 1.71. The standard InChI is InChI=1S/C16H22N4OS2/c1-20-6-5-11-12(9-20)23-15-13(11)14(18-16(19-15)22-2)17-8-10-4-3-7-21-10/h10H,3-9H2,1-2H3,(H,17,18,19)/p+1/t10-/m0/s1. The monoisotopic (exact) mass is 351 g/mol. The number of rotatable bonds is 4. The number of aromatic nitrogens is 2. The second-order valence-electron chi connectivity index (χ2n) is 6.39. The van der Waals surface area contributed by atoms with Crippen LogP contribution in [0.1, 0.15) is 23.3 Å². The first-order valence-electron chi connectivity index (χ1n) is 8.27. The van der Waals surface area contributed by atoms with Gasteiger partial charge in [-0.3, -0.25) is 0 Å². The van der Waals surface area contributed by atoms with E-state index in [1.54, 1.807) is 16.7 Å². The quantitative estimate of drug-likeness (QED) is 0.647. The second kappa shape index (κ2) is 6.55. The van der Waals surface area contributed by atoms with Crippen molar-refractivity contribution in [2.24, 2.45) is 0 Å². The minimum atomic E-state index is 0.322. The molecule has 124 valence electrons. The Morgan fingerprint density at radius 3 is 3.13 bits per heavy atom. The molecule has 7 heteroatoms. The summed E-state index contributed by atoms with van der Waals surface area (Å²) in [6.45, 7) is 4.03. The van der Waals surface area contributed by atoms with E-state index in [0.717, 1.165) is 48.3 Å². The van der Waals surface area contributed by atoms with E-state index in [4.69, 9.17) is 14.7 Å². The van der Waals surface area contributed by atoms with Gasteiger partial charge in [-0.15, -0.1) is 11.3 Å². The van der Waals surface area contributed by atoms with E-state index in [0.29, 0.717) is 6.10 Å². The van der Waals surface area contributed by atoms with Crippen molar-refractivity contribution in [1.29, 1.82) is 0 Å². The Hall–Kier alpha value is -0.890. The Labute approximate surface area is 144 Å². The smallest absolute Gasteiger partial charge is 0.190 e. The van der Waals surface area contributed by atoms with Gasteiger partial charge in [0.1, 0.15) is 17.2 Å². The molecular weight excluding hydrogens is 328 g/mol. The molecular formula is C16H23N4OS2+. The summed E-state index contributed by atoms with van der Waals surface area (Å²) in [6.07, 6.45) is 5.80. The zero-order valence-corrected chi connectivity index (χ0v) is 15.3. The number of ether oxygens (including phenoxy) is 1. The van der Waals surface area contributed by atoms with Gasteiger partial charge in [-0.25, -0.2) is 9.97 Å². The van der Waals surface area contributed by atoms with Crippen molar-refractivity contribution in [3.05, 3.63) is 10.4 Å². The average Bonchev–Trinajstić information content (AvgIpc) is 3.18. The van der Waals surface area contributed by atoms with Gasteiger partial charge in [0.15, 0.2) is 5.16 Å². The van der Waals surface area contributed by atoms with Gasteiger partial charge < -0.3 is 15.0 Å². The van der Waals surface area contributed by atoms with Crippen molar-refractivity contribution in [1.82, 2.24) is 9.97 Å². The highest BCUT2D eigenvalue weighted by Gasteiger charge is 2.25. The summed E-state index contributed by atoms with van der Waals surface area (Å²) >= 11 is 3.46. The van der Waals surface area contributed by atoms with Crippen LogP contribution < -0.4 is 10.2 Å². The fourth-order valence-corrected chi connectivity index (χ4v) is 5.18. The van der Waals surface area contributed by atoms with Crippen molar-refractivity contribution in [3.63, 3.8) is 0 Å². The number of nitrogens with zero attached hydrogens (tertiary/aromatic N) is 2. The maximum absolute atomic E-state index is 5.74. The molecule has 1 unspecified atom stereocenters. The first-order valence-corrected chi connectivity index (χ1v) is 10.3. The first kappa shape index (κ1) is 15.6. The van der Waals surface area contributed by atoms with E-state index in [1.165, 1.54) is 28.8 Å². The predicted octanol–water partition coefficient (Wildman–Crippen LogP) is 1.57. The first-order chi connectivity index (χ1) is 11.2. The van der Waals surface area contributed by atoms with Gasteiger partial charge >= 0.3 is 0 Å². The Bertz CT molecular complexity index is 712. The molecule has 2 aromatic heterocycles. The summed E-state index contributed by atoms with van der Waals surface area (Å²) in [7, 11) is 2.27. The lowest BCUT2D eigenvalue weighted by Gasteiger charge is -2.20. The zero-order chi connectivity index (χ0) is 15.8. The lowest BCUT2D eigenvalue weighted by molar-refractivity contribution is -0.895. The van der Waals surface area contributed by atoms with Crippen LogP contribution >= 0.6 is 23.1 Å². The van der Waals surface area contributed by atoms with Crippen LogP contribution in [-0.4, -0.2) is 49.1 Å². The lowest BCUT2D eigenvalue weighted by Crippen LogP contribution is -3.08. The van der Waals surface area contributed by atoms with Crippen LogP contribution in [0.15, 0.2) is 5.16 Å². The number of likely N-dealkylation sites (N-methyl/N-ethyl adjacent to an activating group) is 1. The molecule has 0 aliphatic carbocycles. The third kappa shape index (κ3) is 3.07. The van der Waals surface area contributed by atoms with Crippen LogP contribution in [-0.2, 0) is 17.7 Å². The normalized spacial score (nSPS) is 24.1. The third-order valence-electron chi connectivity index (χ3n) is 4.68. The average molecular weight is 352 g/mol. The number of quaternary nitrogens is 1. The molecule has 0 radical (unpaired) electrons. The molecule has 5 nitrogen and oxygen atoms in total. The van der Waals surface area contributed by atoms with Gasteiger partial charge in [-0.2, -0.15) is 0 Å². The van der Waals surface area contributed by atoms with Crippen LogP contribution in [0.5, 0.6) is 0 Å². The maximum Gasteiger partial charge on any atom is 0.190 e. The summed E-state index contributed by atoms with van der Waals surface area (Å²) < 4.78 is 5.74. The van der Waals surface area contributed by atoms with Gasteiger partial charge in [0.05, 0.1) is 30.0 Å². The van der Waals surface area contributed by atoms with E-state index < -0.39 is 0 Å². The zero-order valence-electron chi connectivity index (χ0n) is 13.6. The van der Waals surface area contributed by atoms with E-state index in [9.17, 15) is 0 Å². The molecule has 23 heavy (non-hydrogen) atoms. The van der Waals surface area contributed by atoms with E-state index >= 15 is 0 Å². The van der Waals surface area contributed by atoms with Gasteiger partial charge in [0, 0.05) is 19.6 Å². The number of thioether (sulfide) groups is 1. The van der Waals surface area contributed by atoms with Crippen LogP contribution in [0.3, 0.4) is 0 Å². The number of anilines is 1. The largest absolute Gasteiger partial charge is 0.376 e. The van der Waals surface area contributed by atoms with Crippen LogP contribution in [0.25, 0.3) is 10.2 Å². The molecule has 4 rings (SSSR count). The van der Waals surface area contributed by atoms with Gasteiger partial charge in [-0.1, -0.05) is 11.8 Å². The van der Waals surface area contributed by atoms with E-state index in [-0.39, 0.29) is 0 Å². The number of hydrogen-bond donors (Lipinski definition) is 2. The summed E-state index contributed by atoms with van der Waals surface area (Å²) in [4.78, 5) is 13.7.